The number of alkyl halides is 3. The van der Waals surface area contributed by atoms with E-state index in [1.54, 1.807) is 29.2 Å². The zero-order valence-electron chi connectivity index (χ0n) is 20.4. The first-order valence-electron chi connectivity index (χ1n) is 12.6. The lowest BCUT2D eigenvalue weighted by Crippen LogP contribution is -2.32. The van der Waals surface area contributed by atoms with E-state index in [2.05, 4.69) is 0 Å². The van der Waals surface area contributed by atoms with Crippen LogP contribution in [0.3, 0.4) is 0 Å². The van der Waals surface area contributed by atoms with Crippen LogP contribution in [0.5, 0.6) is 0 Å². The number of carbonyl (C=O) groups is 1. The van der Waals surface area contributed by atoms with Crippen LogP contribution in [0, 0.1) is 12.8 Å². The van der Waals surface area contributed by atoms with Crippen molar-refractivity contribution in [2.24, 2.45) is 5.92 Å². The van der Waals surface area contributed by atoms with Crippen molar-refractivity contribution >= 4 is 5.91 Å². The van der Waals surface area contributed by atoms with Gasteiger partial charge in [0, 0.05) is 37.7 Å². The quantitative estimate of drug-likeness (QED) is 0.438. The van der Waals surface area contributed by atoms with Gasteiger partial charge in [-0.3, -0.25) is 4.79 Å². The molecule has 0 radical (unpaired) electrons. The van der Waals surface area contributed by atoms with E-state index in [0.29, 0.717) is 42.1 Å². The first-order valence-corrected chi connectivity index (χ1v) is 12.6. The molecular weight excluding hydrogens is 465 g/mol. The van der Waals surface area contributed by atoms with E-state index in [1.165, 1.54) is 18.9 Å². The van der Waals surface area contributed by atoms with E-state index < -0.39 is 17.8 Å². The Labute approximate surface area is 209 Å². The Morgan fingerprint density at radius 3 is 2.28 bits per heavy atom. The molecule has 1 aliphatic heterocycles. The summed E-state index contributed by atoms with van der Waals surface area (Å²) in [6, 6.07) is 16.6. The topological polar surface area (TPSA) is 45.5 Å². The number of aliphatic hydroxyl groups is 1. The van der Waals surface area contributed by atoms with Crippen molar-refractivity contribution in [3.63, 3.8) is 0 Å². The average molecular weight is 497 g/mol. The van der Waals surface area contributed by atoms with E-state index in [-0.39, 0.29) is 30.3 Å². The Hall–Kier alpha value is -3.06. The Bertz CT molecular complexity index is 1230. The third-order valence-corrected chi connectivity index (χ3v) is 7.77. The van der Waals surface area contributed by atoms with Crippen molar-refractivity contribution in [3.05, 3.63) is 82.7 Å². The van der Waals surface area contributed by atoms with Crippen molar-refractivity contribution in [3.8, 4) is 11.1 Å². The first kappa shape index (κ1) is 24.6. The second-order valence-corrected chi connectivity index (χ2v) is 10.1. The summed E-state index contributed by atoms with van der Waals surface area (Å²) in [5, 5.41) is 9.58. The van der Waals surface area contributed by atoms with Crippen molar-refractivity contribution in [1.29, 1.82) is 0 Å². The zero-order valence-corrected chi connectivity index (χ0v) is 20.4. The second kappa shape index (κ2) is 9.77. The van der Waals surface area contributed by atoms with Crippen molar-refractivity contribution < 1.29 is 23.1 Å². The molecule has 1 saturated carbocycles. The Morgan fingerprint density at radius 2 is 1.72 bits per heavy atom. The molecule has 0 spiro atoms. The molecule has 190 valence electrons. The van der Waals surface area contributed by atoms with E-state index >= 15 is 0 Å². The number of hydrogen-bond acceptors (Lipinski definition) is 2. The van der Waals surface area contributed by atoms with Crippen LogP contribution in [0.15, 0.2) is 54.6 Å². The van der Waals surface area contributed by atoms with Crippen LogP contribution in [0.4, 0.5) is 13.2 Å². The Kier molecular flexibility index (Phi) is 6.68. The van der Waals surface area contributed by atoms with Gasteiger partial charge in [-0.05, 0) is 54.4 Å². The van der Waals surface area contributed by atoms with E-state index in [0.717, 1.165) is 17.4 Å². The number of hydrogen-bond donors (Lipinski definition) is 1. The fraction of sp³-hybridized carbons (Fsp3) is 0.414. The van der Waals surface area contributed by atoms with Gasteiger partial charge in [-0.25, -0.2) is 0 Å². The smallest absolute Gasteiger partial charge is 0.396 e. The molecule has 1 amide bonds. The number of carbonyl (C=O) groups excluding carboxylic acids is 1. The van der Waals surface area contributed by atoms with Crippen molar-refractivity contribution in [2.75, 3.05) is 19.7 Å². The third kappa shape index (κ3) is 4.57. The highest BCUT2D eigenvalue weighted by atomic mass is 19.4. The summed E-state index contributed by atoms with van der Waals surface area (Å²) in [4.78, 5) is 15.5. The maximum Gasteiger partial charge on any atom is 0.431 e. The maximum atomic E-state index is 14.5. The molecule has 1 saturated heterocycles. The molecule has 5 rings (SSSR count). The van der Waals surface area contributed by atoms with Crippen LogP contribution in [-0.2, 0) is 12.7 Å². The summed E-state index contributed by atoms with van der Waals surface area (Å²) in [7, 11) is 0. The van der Waals surface area contributed by atoms with Crippen molar-refractivity contribution in [2.45, 2.75) is 51.2 Å². The van der Waals surface area contributed by atoms with Gasteiger partial charge in [0.15, 0.2) is 0 Å². The largest absolute Gasteiger partial charge is 0.431 e. The predicted octanol–water partition coefficient (Wildman–Crippen LogP) is 6.25. The molecule has 1 unspecified atom stereocenters. The van der Waals surface area contributed by atoms with Crippen LogP contribution < -0.4 is 0 Å². The highest BCUT2D eigenvalue weighted by Gasteiger charge is 2.42. The molecular formula is C29H31F3N2O2. The summed E-state index contributed by atoms with van der Waals surface area (Å²) in [6.07, 6.45) is -0.523. The van der Waals surface area contributed by atoms with E-state index in [4.69, 9.17) is 0 Å². The van der Waals surface area contributed by atoms with Crippen LogP contribution in [0.2, 0.25) is 0 Å². The van der Waals surface area contributed by atoms with Gasteiger partial charge in [0.1, 0.15) is 11.4 Å². The molecule has 7 heteroatoms. The van der Waals surface area contributed by atoms with Crippen LogP contribution >= 0.6 is 0 Å². The molecule has 1 aliphatic carbocycles. The van der Waals surface area contributed by atoms with Gasteiger partial charge in [-0.15, -0.1) is 0 Å². The Balaban J connectivity index is 1.67. The highest BCUT2D eigenvalue weighted by molar-refractivity contribution is 6.01. The average Bonchev–Trinajstić information content (AvgIpc) is 3.41. The van der Waals surface area contributed by atoms with Gasteiger partial charge in [-0.1, -0.05) is 61.0 Å². The van der Waals surface area contributed by atoms with Gasteiger partial charge in [-0.2, -0.15) is 13.2 Å². The summed E-state index contributed by atoms with van der Waals surface area (Å²) in [6.45, 7) is 2.12. The third-order valence-electron chi connectivity index (χ3n) is 7.77. The molecule has 4 nitrogen and oxygen atoms in total. The molecule has 2 fully saturated rings. The molecule has 2 heterocycles. The second-order valence-electron chi connectivity index (χ2n) is 10.1. The lowest BCUT2D eigenvalue weighted by atomic mass is 9.80. The molecule has 1 aromatic heterocycles. The number of nitrogens with zero attached hydrogens (tertiary/aromatic N) is 2. The van der Waals surface area contributed by atoms with Crippen molar-refractivity contribution in [1.82, 2.24) is 9.47 Å². The number of benzene rings is 2. The minimum absolute atomic E-state index is 0.0445. The van der Waals surface area contributed by atoms with Gasteiger partial charge < -0.3 is 14.6 Å². The lowest BCUT2D eigenvalue weighted by molar-refractivity contribution is -0.143. The zero-order chi connectivity index (χ0) is 25.4. The summed E-state index contributed by atoms with van der Waals surface area (Å²) < 4.78 is 44.7. The number of halogens is 3. The lowest BCUT2D eigenvalue weighted by Gasteiger charge is -2.26. The molecule has 1 atom stereocenters. The minimum atomic E-state index is -4.63. The summed E-state index contributed by atoms with van der Waals surface area (Å²) in [5.41, 5.74) is 2.19. The van der Waals surface area contributed by atoms with Crippen LogP contribution in [0.1, 0.15) is 64.5 Å². The fourth-order valence-corrected chi connectivity index (χ4v) is 5.59. The molecule has 2 aliphatic rings. The molecule has 0 bridgehead atoms. The number of aromatic nitrogens is 1. The molecule has 2 aromatic carbocycles. The van der Waals surface area contributed by atoms with Gasteiger partial charge >= 0.3 is 6.18 Å². The Morgan fingerprint density at radius 1 is 1.03 bits per heavy atom. The van der Waals surface area contributed by atoms with E-state index in [1.807, 2.05) is 30.3 Å². The molecule has 1 N–H and O–H groups in total. The first-order chi connectivity index (χ1) is 17.3. The maximum absolute atomic E-state index is 14.5. The van der Waals surface area contributed by atoms with Gasteiger partial charge in [0.25, 0.3) is 5.91 Å². The predicted molar refractivity (Wildman–Crippen MR) is 133 cm³/mol. The van der Waals surface area contributed by atoms with Gasteiger partial charge in [0.2, 0.25) is 0 Å². The fourth-order valence-electron chi connectivity index (χ4n) is 5.59. The molecule has 3 aromatic rings. The van der Waals surface area contributed by atoms with Gasteiger partial charge in [0.05, 0.1) is 0 Å². The minimum Gasteiger partial charge on any atom is -0.396 e. The standard InChI is InChI=1S/C29H31F3N2O2/c1-19-25(24-12-10-23(11-13-24)22-8-5-9-22)26(28(36)33-15-14-21(16-33)18-35)34(27(19)29(30,31)32)17-20-6-3-2-4-7-20/h2-4,6-7,10-13,21-22,35H,5,8-9,14-18H2,1H3. The van der Waals surface area contributed by atoms with Crippen LogP contribution in [0.25, 0.3) is 11.1 Å². The number of likely N-dealkylation sites (tertiary alicyclic amines) is 1. The van der Waals surface area contributed by atoms with E-state index in [9.17, 15) is 23.1 Å². The highest BCUT2D eigenvalue weighted by Crippen LogP contribution is 2.43. The summed E-state index contributed by atoms with van der Waals surface area (Å²) in [5.74, 6) is 0.0353. The SMILES string of the molecule is Cc1c(-c2ccc(C3CCC3)cc2)c(C(=O)N2CCC(CO)C2)n(Cc2ccccc2)c1C(F)(F)F. The number of amides is 1. The molecule has 36 heavy (non-hydrogen) atoms. The number of rotatable bonds is 6. The summed E-state index contributed by atoms with van der Waals surface area (Å²) >= 11 is 0. The van der Waals surface area contributed by atoms with Crippen LogP contribution in [-0.4, -0.2) is 40.2 Å². The number of aliphatic hydroxyl groups excluding tert-OH is 1. The normalized spacial score (nSPS) is 18.5. The monoisotopic (exact) mass is 496 g/mol.